The number of amides is 2. The summed E-state index contributed by atoms with van der Waals surface area (Å²) in [6.45, 7) is 1.72. The van der Waals surface area contributed by atoms with Crippen molar-refractivity contribution < 1.29 is 18.5 Å². The van der Waals surface area contributed by atoms with E-state index < -0.39 is 17.6 Å². The zero-order valence-electron chi connectivity index (χ0n) is 11.5. The number of hydrogen-bond acceptors (Lipinski definition) is 2. The molecule has 2 amide bonds. The van der Waals surface area contributed by atoms with Gasteiger partial charge in [-0.05, 0) is 30.7 Å². The molecule has 0 unspecified atom stereocenters. The normalized spacial score (nSPS) is 10.2. The van der Waals surface area contributed by atoms with Gasteiger partial charge in [0, 0.05) is 6.07 Å². The van der Waals surface area contributed by atoms with Crippen molar-refractivity contribution in [3.05, 3.63) is 59.7 Å². The van der Waals surface area contributed by atoms with E-state index >= 15 is 0 Å². The van der Waals surface area contributed by atoms with Crippen LogP contribution in [0.1, 0.15) is 15.9 Å². The van der Waals surface area contributed by atoms with Gasteiger partial charge in [-0.1, -0.05) is 6.07 Å². The molecule has 0 radical (unpaired) electrons. The maximum absolute atomic E-state index is 13.6. The highest BCUT2D eigenvalue weighted by atomic mass is 19.1. The number of rotatable bonds is 4. The number of nitrogens with two attached hydrogens (primary N) is 1. The summed E-state index contributed by atoms with van der Waals surface area (Å²) < 4.78 is 15.1. The van der Waals surface area contributed by atoms with E-state index in [1.165, 1.54) is 22.9 Å². The minimum atomic E-state index is -0.575. The highest BCUT2D eigenvalue weighted by Gasteiger charge is 2.13. The smallest absolute Gasteiger partial charge is 0.290 e. The van der Waals surface area contributed by atoms with Gasteiger partial charge in [-0.3, -0.25) is 9.59 Å². The van der Waals surface area contributed by atoms with Gasteiger partial charge in [-0.2, -0.15) is 4.57 Å². The fourth-order valence-corrected chi connectivity index (χ4v) is 1.84. The molecule has 0 fully saturated rings. The van der Waals surface area contributed by atoms with Crippen molar-refractivity contribution in [2.45, 2.75) is 13.5 Å². The third kappa shape index (κ3) is 3.85. The van der Waals surface area contributed by atoms with Gasteiger partial charge in [0.05, 0.1) is 5.69 Å². The van der Waals surface area contributed by atoms with Gasteiger partial charge >= 0.3 is 0 Å². The van der Waals surface area contributed by atoms with Crippen molar-refractivity contribution in [2.75, 3.05) is 5.32 Å². The molecule has 0 aliphatic carbocycles. The molecule has 2 aromatic rings. The van der Waals surface area contributed by atoms with Crippen molar-refractivity contribution in [3.8, 4) is 0 Å². The van der Waals surface area contributed by atoms with Crippen molar-refractivity contribution in [2.24, 2.45) is 5.73 Å². The number of aryl methyl sites for hydroxylation is 1. The van der Waals surface area contributed by atoms with Crippen LogP contribution in [0.25, 0.3) is 0 Å². The summed E-state index contributed by atoms with van der Waals surface area (Å²) in [4.78, 5) is 23.0. The molecule has 0 aliphatic heterocycles. The second-order valence-corrected chi connectivity index (χ2v) is 4.66. The van der Waals surface area contributed by atoms with Gasteiger partial charge in [0.1, 0.15) is 11.4 Å². The zero-order valence-corrected chi connectivity index (χ0v) is 11.5. The lowest BCUT2D eigenvalue weighted by Crippen LogP contribution is -2.40. The predicted octanol–water partition coefficient (Wildman–Crippen LogP) is 1.16. The lowest BCUT2D eigenvalue weighted by Gasteiger charge is -2.05. The predicted molar refractivity (Wildman–Crippen MR) is 74.9 cm³/mol. The van der Waals surface area contributed by atoms with E-state index in [-0.39, 0.29) is 12.2 Å². The standard InChI is InChI=1S/C15H14FN3O2/c1-10-4-5-13(12(16)7-10)18-14(20)9-19-6-2-3-11(8-19)15(17)21/h2-8H,9H2,1H3,(H2-,17,18,20,21)/p+1. The summed E-state index contributed by atoms with van der Waals surface area (Å²) in [5.41, 5.74) is 6.36. The number of pyridine rings is 1. The van der Waals surface area contributed by atoms with Crippen LogP contribution in [0.2, 0.25) is 0 Å². The number of nitrogens with one attached hydrogen (secondary N) is 1. The Kier molecular flexibility index (Phi) is 4.27. The van der Waals surface area contributed by atoms with Gasteiger partial charge < -0.3 is 11.1 Å². The molecular formula is C15H15FN3O2+. The molecule has 0 spiro atoms. The molecular weight excluding hydrogens is 273 g/mol. The van der Waals surface area contributed by atoms with E-state index in [1.54, 1.807) is 31.3 Å². The van der Waals surface area contributed by atoms with Crippen LogP contribution < -0.4 is 15.6 Å². The number of anilines is 1. The number of hydrogen-bond donors (Lipinski definition) is 2. The second kappa shape index (κ2) is 6.13. The molecule has 5 nitrogen and oxygen atoms in total. The Morgan fingerprint density at radius 1 is 1.33 bits per heavy atom. The van der Waals surface area contributed by atoms with Crippen LogP contribution in [0, 0.1) is 12.7 Å². The first-order chi connectivity index (χ1) is 9.95. The third-order valence-corrected chi connectivity index (χ3v) is 2.87. The second-order valence-electron chi connectivity index (χ2n) is 4.66. The van der Waals surface area contributed by atoms with Gasteiger partial charge in [0.2, 0.25) is 6.54 Å². The van der Waals surface area contributed by atoms with Crippen LogP contribution in [0.4, 0.5) is 10.1 Å². The van der Waals surface area contributed by atoms with Crippen molar-refractivity contribution in [1.82, 2.24) is 0 Å². The Bertz CT molecular complexity index is 701. The highest BCUT2D eigenvalue weighted by Crippen LogP contribution is 2.14. The average Bonchev–Trinajstić information content (AvgIpc) is 2.42. The van der Waals surface area contributed by atoms with Crippen molar-refractivity contribution in [3.63, 3.8) is 0 Å². The van der Waals surface area contributed by atoms with Crippen LogP contribution in [-0.2, 0) is 11.3 Å². The summed E-state index contributed by atoms with van der Waals surface area (Å²) in [5, 5.41) is 2.48. The zero-order chi connectivity index (χ0) is 15.4. The Labute approximate surface area is 121 Å². The molecule has 6 heteroatoms. The summed E-state index contributed by atoms with van der Waals surface area (Å²) in [6, 6.07) is 7.72. The number of benzene rings is 1. The molecule has 2 rings (SSSR count). The third-order valence-electron chi connectivity index (χ3n) is 2.87. The van der Waals surface area contributed by atoms with E-state index in [1.807, 2.05) is 0 Å². The van der Waals surface area contributed by atoms with Crippen molar-refractivity contribution in [1.29, 1.82) is 0 Å². The molecule has 21 heavy (non-hydrogen) atoms. The van der Waals surface area contributed by atoms with Crippen LogP contribution in [0.5, 0.6) is 0 Å². The topological polar surface area (TPSA) is 76.1 Å². The number of primary amides is 1. The Morgan fingerprint density at radius 2 is 2.10 bits per heavy atom. The molecule has 0 saturated heterocycles. The summed E-state index contributed by atoms with van der Waals surface area (Å²) in [5.74, 6) is -1.46. The molecule has 3 N–H and O–H groups in total. The fraction of sp³-hybridized carbons (Fsp3) is 0.133. The number of halogens is 1. The molecule has 108 valence electrons. The van der Waals surface area contributed by atoms with E-state index in [2.05, 4.69) is 5.32 Å². The number of carbonyl (C=O) groups is 2. The molecule has 0 bridgehead atoms. The fourth-order valence-electron chi connectivity index (χ4n) is 1.84. The van der Waals surface area contributed by atoms with E-state index in [0.29, 0.717) is 5.56 Å². The first-order valence-corrected chi connectivity index (χ1v) is 6.30. The quantitative estimate of drug-likeness (QED) is 0.828. The van der Waals surface area contributed by atoms with Gasteiger partial charge in [-0.15, -0.1) is 0 Å². The van der Waals surface area contributed by atoms with E-state index in [0.717, 1.165) is 5.56 Å². The minimum absolute atomic E-state index is 0.0472. The van der Waals surface area contributed by atoms with Crippen molar-refractivity contribution >= 4 is 17.5 Å². The SMILES string of the molecule is Cc1ccc(NC(=O)C[n+]2cccc(C(N)=O)c2)c(F)c1. The molecule has 1 heterocycles. The average molecular weight is 288 g/mol. The number of nitrogens with zero attached hydrogens (tertiary/aromatic N) is 1. The maximum atomic E-state index is 13.6. The van der Waals surface area contributed by atoms with Gasteiger partial charge in [0.25, 0.3) is 11.8 Å². The lowest BCUT2D eigenvalue weighted by molar-refractivity contribution is -0.684. The lowest BCUT2D eigenvalue weighted by atomic mass is 10.2. The molecule has 0 aliphatic rings. The molecule has 0 atom stereocenters. The minimum Gasteiger partial charge on any atom is -0.365 e. The Hall–Kier alpha value is -2.76. The summed E-state index contributed by atoms with van der Waals surface area (Å²) in [6.07, 6.45) is 3.09. The summed E-state index contributed by atoms with van der Waals surface area (Å²) >= 11 is 0. The van der Waals surface area contributed by atoms with Crippen LogP contribution >= 0.6 is 0 Å². The number of aromatic nitrogens is 1. The molecule has 1 aromatic heterocycles. The Balaban J connectivity index is 2.08. The highest BCUT2D eigenvalue weighted by molar-refractivity contribution is 5.92. The first-order valence-electron chi connectivity index (χ1n) is 6.30. The van der Waals surface area contributed by atoms with Crippen LogP contribution in [0.15, 0.2) is 42.7 Å². The largest absolute Gasteiger partial charge is 0.365 e. The Morgan fingerprint density at radius 3 is 2.76 bits per heavy atom. The summed E-state index contributed by atoms with van der Waals surface area (Å²) in [7, 11) is 0. The van der Waals surface area contributed by atoms with E-state index in [4.69, 9.17) is 5.73 Å². The van der Waals surface area contributed by atoms with Crippen LogP contribution in [0.3, 0.4) is 0 Å². The number of carbonyl (C=O) groups excluding carboxylic acids is 2. The molecule has 0 saturated carbocycles. The van der Waals surface area contributed by atoms with E-state index in [9.17, 15) is 14.0 Å². The monoisotopic (exact) mass is 288 g/mol. The molecule has 1 aromatic carbocycles. The maximum Gasteiger partial charge on any atom is 0.290 e. The first kappa shape index (κ1) is 14.6. The van der Waals surface area contributed by atoms with Gasteiger partial charge in [0.15, 0.2) is 12.4 Å². The van der Waals surface area contributed by atoms with Gasteiger partial charge in [-0.25, -0.2) is 4.39 Å². The van der Waals surface area contributed by atoms with Crippen LogP contribution in [-0.4, -0.2) is 11.8 Å².